The summed E-state index contributed by atoms with van der Waals surface area (Å²) < 4.78 is 37.7. The van der Waals surface area contributed by atoms with Crippen LogP contribution in [-0.4, -0.2) is 45.9 Å². The second-order valence-corrected chi connectivity index (χ2v) is 8.90. The summed E-state index contributed by atoms with van der Waals surface area (Å²) in [5.41, 5.74) is 1.68. The van der Waals surface area contributed by atoms with E-state index in [9.17, 15) is 9.18 Å². The number of anilines is 2. The third-order valence-electron chi connectivity index (χ3n) is 6.20. The third kappa shape index (κ3) is 5.27. The fraction of sp³-hybridized carbons (Fsp3) is 0.172. The Morgan fingerprint density at radius 3 is 2.58 bits per heavy atom. The molecule has 6 rings (SSSR count). The predicted molar refractivity (Wildman–Crippen MR) is 146 cm³/mol. The Hall–Kier alpha value is -5.03. The summed E-state index contributed by atoms with van der Waals surface area (Å²) >= 11 is 0. The highest BCUT2D eigenvalue weighted by Crippen LogP contribution is 2.35. The lowest BCUT2D eigenvalue weighted by Gasteiger charge is -2.13. The molecule has 4 heterocycles. The van der Waals surface area contributed by atoms with Crippen LogP contribution in [0, 0.1) is 5.82 Å². The Balaban J connectivity index is 1.24. The number of hydrogen-bond donors (Lipinski definition) is 1. The molecule has 2 aromatic carbocycles. The first-order valence-electron chi connectivity index (χ1n) is 12.6. The summed E-state index contributed by atoms with van der Waals surface area (Å²) in [6.45, 7) is 1.70. The van der Waals surface area contributed by atoms with Crippen LogP contribution >= 0.6 is 0 Å². The molecule has 202 valence electrons. The maximum Gasteiger partial charge on any atom is 0.264 e. The maximum absolute atomic E-state index is 13.2. The van der Waals surface area contributed by atoms with Gasteiger partial charge in [0.2, 0.25) is 5.95 Å². The minimum Gasteiger partial charge on any atom is -0.486 e. The number of hydrogen-bond acceptors (Lipinski definition) is 9. The molecule has 0 spiro atoms. The molecular weight excluding hydrogens is 517 g/mol. The minimum atomic E-state index is -0.350. The van der Waals surface area contributed by atoms with Gasteiger partial charge >= 0.3 is 0 Å². The van der Waals surface area contributed by atoms with E-state index in [1.165, 1.54) is 29.1 Å². The molecule has 0 saturated heterocycles. The molecule has 40 heavy (non-hydrogen) atoms. The molecule has 0 saturated carbocycles. The highest BCUT2D eigenvalue weighted by Gasteiger charge is 2.16. The van der Waals surface area contributed by atoms with E-state index in [4.69, 9.17) is 18.9 Å². The molecule has 1 aliphatic rings. The topological polar surface area (TPSA) is 110 Å². The van der Waals surface area contributed by atoms with E-state index in [-0.39, 0.29) is 11.4 Å². The zero-order chi connectivity index (χ0) is 27.5. The first-order chi connectivity index (χ1) is 19.5. The van der Waals surface area contributed by atoms with Gasteiger partial charge in [-0.1, -0.05) is 12.1 Å². The number of rotatable bonds is 5. The molecule has 0 atom stereocenters. The van der Waals surface area contributed by atoms with Gasteiger partial charge in [-0.15, -0.1) is 0 Å². The maximum atomic E-state index is 13.2. The van der Waals surface area contributed by atoms with E-state index in [0.29, 0.717) is 78.0 Å². The second-order valence-electron chi connectivity index (χ2n) is 8.90. The Labute approximate surface area is 228 Å². The van der Waals surface area contributed by atoms with Crippen LogP contribution in [0.25, 0.3) is 22.2 Å². The smallest absolute Gasteiger partial charge is 0.264 e. The summed E-state index contributed by atoms with van der Waals surface area (Å²) in [4.78, 5) is 26.5. The van der Waals surface area contributed by atoms with Crippen molar-refractivity contribution in [1.29, 1.82) is 0 Å². The molecule has 0 amide bonds. The Bertz CT molecular complexity index is 1730. The van der Waals surface area contributed by atoms with E-state index in [1.54, 1.807) is 37.4 Å². The number of para-hydroxylation sites is 1. The summed E-state index contributed by atoms with van der Waals surface area (Å²) in [7, 11) is 1.60. The van der Waals surface area contributed by atoms with Gasteiger partial charge in [0.15, 0.2) is 11.5 Å². The van der Waals surface area contributed by atoms with E-state index in [0.717, 1.165) is 5.39 Å². The van der Waals surface area contributed by atoms with Gasteiger partial charge in [0.05, 0.1) is 30.7 Å². The summed E-state index contributed by atoms with van der Waals surface area (Å²) in [5, 5.41) is 3.84. The van der Waals surface area contributed by atoms with Crippen molar-refractivity contribution >= 4 is 22.5 Å². The lowest BCUT2D eigenvalue weighted by Crippen LogP contribution is -2.22. The van der Waals surface area contributed by atoms with Crippen LogP contribution in [0.5, 0.6) is 23.1 Å². The quantitative estimate of drug-likeness (QED) is 0.334. The second kappa shape index (κ2) is 11.0. The van der Waals surface area contributed by atoms with E-state index in [2.05, 4.69) is 20.3 Å². The van der Waals surface area contributed by atoms with E-state index >= 15 is 0 Å². The number of benzene rings is 2. The first kappa shape index (κ1) is 25.3. The van der Waals surface area contributed by atoms with E-state index in [1.807, 2.05) is 18.2 Å². The SMILES string of the molecule is Cn1c(Nc2ccc(F)cc2)ncc(-c2ccc(Oc3cccc4cc5c(nc34)OCCOCCO5)cn2)c1=O. The highest BCUT2D eigenvalue weighted by atomic mass is 19.1. The summed E-state index contributed by atoms with van der Waals surface area (Å²) in [5.74, 6) is 1.88. The van der Waals surface area contributed by atoms with Crippen molar-refractivity contribution in [1.82, 2.24) is 19.5 Å². The van der Waals surface area contributed by atoms with Crippen molar-refractivity contribution in [3.8, 4) is 34.4 Å². The summed E-state index contributed by atoms with van der Waals surface area (Å²) in [6, 6.07) is 16.7. The van der Waals surface area contributed by atoms with Crippen LogP contribution in [0.4, 0.5) is 16.0 Å². The summed E-state index contributed by atoms with van der Waals surface area (Å²) in [6.07, 6.45) is 2.99. The molecule has 0 bridgehead atoms. The average molecular weight is 542 g/mol. The lowest BCUT2D eigenvalue weighted by atomic mass is 10.2. The van der Waals surface area contributed by atoms with Crippen LogP contribution in [0.15, 0.2) is 77.9 Å². The molecule has 0 radical (unpaired) electrons. The van der Waals surface area contributed by atoms with Crippen molar-refractivity contribution in [3.63, 3.8) is 0 Å². The number of nitrogens with one attached hydrogen (secondary N) is 1. The van der Waals surface area contributed by atoms with Crippen LogP contribution in [0.1, 0.15) is 0 Å². The standard InChI is InChI=1S/C29H24FN5O5/c1-35-28(36)22(17-32-29(35)33-20-7-5-19(30)6-8-20)23-10-9-21(16-31-23)40-24-4-2-3-18-15-25-27(34-26(18)24)39-14-12-37-11-13-38-25/h2-10,15-17H,11-14H2,1H3,(H,32,33). The molecule has 0 fully saturated rings. The number of nitrogens with zero attached hydrogens (tertiary/aromatic N) is 4. The van der Waals surface area contributed by atoms with Gasteiger partial charge < -0.3 is 24.3 Å². The van der Waals surface area contributed by atoms with Crippen LogP contribution in [0.2, 0.25) is 0 Å². The number of pyridine rings is 2. The molecule has 1 aliphatic heterocycles. The van der Waals surface area contributed by atoms with E-state index < -0.39 is 0 Å². The molecule has 11 heteroatoms. The Morgan fingerprint density at radius 2 is 1.77 bits per heavy atom. The molecule has 3 aromatic heterocycles. The fourth-order valence-corrected chi connectivity index (χ4v) is 4.16. The van der Waals surface area contributed by atoms with Gasteiger partial charge in [0, 0.05) is 24.3 Å². The molecule has 0 unspecified atom stereocenters. The average Bonchev–Trinajstić information content (AvgIpc) is 3.08. The lowest BCUT2D eigenvalue weighted by molar-refractivity contribution is 0.0872. The van der Waals surface area contributed by atoms with Crippen molar-refractivity contribution in [2.45, 2.75) is 0 Å². The zero-order valence-corrected chi connectivity index (χ0v) is 21.5. The van der Waals surface area contributed by atoms with Gasteiger partial charge in [0.25, 0.3) is 11.4 Å². The monoisotopic (exact) mass is 541 g/mol. The van der Waals surface area contributed by atoms with Gasteiger partial charge in [-0.05, 0) is 48.5 Å². The molecule has 0 aliphatic carbocycles. The van der Waals surface area contributed by atoms with Crippen molar-refractivity contribution in [3.05, 3.63) is 89.2 Å². The van der Waals surface area contributed by atoms with Gasteiger partial charge in [0.1, 0.15) is 30.3 Å². The molecule has 5 aromatic rings. The minimum absolute atomic E-state index is 0.293. The van der Waals surface area contributed by atoms with Gasteiger partial charge in [-0.3, -0.25) is 14.3 Å². The van der Waals surface area contributed by atoms with Crippen molar-refractivity contribution < 1.29 is 23.3 Å². The third-order valence-corrected chi connectivity index (χ3v) is 6.20. The number of aromatic nitrogens is 4. The normalized spacial score (nSPS) is 13.2. The number of halogens is 1. The van der Waals surface area contributed by atoms with Crippen molar-refractivity contribution in [2.24, 2.45) is 7.05 Å². The molecular formula is C29H24FN5O5. The number of ether oxygens (including phenoxy) is 4. The zero-order valence-electron chi connectivity index (χ0n) is 21.5. The molecule has 10 nitrogen and oxygen atoms in total. The van der Waals surface area contributed by atoms with Gasteiger partial charge in [-0.25, -0.2) is 14.4 Å². The fourth-order valence-electron chi connectivity index (χ4n) is 4.16. The van der Waals surface area contributed by atoms with Crippen LogP contribution < -0.4 is 25.1 Å². The number of fused-ring (bicyclic) bond motifs is 2. The predicted octanol–water partition coefficient (Wildman–Crippen LogP) is 4.85. The van der Waals surface area contributed by atoms with Crippen LogP contribution in [-0.2, 0) is 11.8 Å². The molecule has 1 N–H and O–H groups in total. The highest BCUT2D eigenvalue weighted by molar-refractivity contribution is 5.86. The Morgan fingerprint density at radius 1 is 0.950 bits per heavy atom. The van der Waals surface area contributed by atoms with Crippen LogP contribution in [0.3, 0.4) is 0 Å². The Kier molecular flexibility index (Phi) is 6.94. The first-order valence-corrected chi connectivity index (χ1v) is 12.6. The van der Waals surface area contributed by atoms with Crippen molar-refractivity contribution in [2.75, 3.05) is 31.7 Å². The largest absolute Gasteiger partial charge is 0.486 e. The van der Waals surface area contributed by atoms with Gasteiger partial charge in [-0.2, -0.15) is 0 Å².